The third-order valence-electron chi connectivity index (χ3n) is 4.68. The van der Waals surface area contributed by atoms with Crippen LogP contribution in [0, 0.1) is 0 Å². The smallest absolute Gasteiger partial charge is 0.306 e. The Balaban J connectivity index is 1.75. The molecule has 0 bridgehead atoms. The topological polar surface area (TPSA) is 79.0 Å². The first-order chi connectivity index (χ1) is 12.9. The second-order valence-corrected chi connectivity index (χ2v) is 6.87. The van der Waals surface area contributed by atoms with Gasteiger partial charge >= 0.3 is 5.97 Å². The van der Waals surface area contributed by atoms with E-state index in [-0.39, 0.29) is 36.7 Å². The van der Waals surface area contributed by atoms with Gasteiger partial charge in [0.25, 0.3) is 5.91 Å². The van der Waals surface area contributed by atoms with Crippen molar-refractivity contribution in [3.8, 4) is 0 Å². The molecule has 7 heteroatoms. The van der Waals surface area contributed by atoms with E-state index < -0.39 is 0 Å². The fourth-order valence-electron chi connectivity index (χ4n) is 3.05. The Kier molecular flexibility index (Phi) is 7.64. The molecule has 1 aliphatic rings. The first-order valence-electron chi connectivity index (χ1n) is 9.42. The Labute approximate surface area is 160 Å². The highest BCUT2D eigenvalue weighted by Crippen LogP contribution is 2.15. The first kappa shape index (κ1) is 20.7. The van der Waals surface area contributed by atoms with E-state index in [4.69, 9.17) is 4.74 Å². The van der Waals surface area contributed by atoms with Crippen molar-refractivity contribution in [2.75, 3.05) is 38.7 Å². The second-order valence-electron chi connectivity index (χ2n) is 6.87. The number of nitrogens with one attached hydrogen (secondary N) is 1. The molecular formula is C20H29N3O4. The van der Waals surface area contributed by atoms with Gasteiger partial charge in [-0.2, -0.15) is 0 Å². The van der Waals surface area contributed by atoms with Crippen molar-refractivity contribution < 1.29 is 19.1 Å². The molecule has 0 aliphatic carbocycles. The summed E-state index contributed by atoms with van der Waals surface area (Å²) < 4.78 is 4.84. The molecular weight excluding hydrogens is 346 g/mol. The van der Waals surface area contributed by atoms with Crippen LogP contribution in [-0.2, 0) is 14.3 Å². The molecule has 1 fully saturated rings. The van der Waals surface area contributed by atoms with Crippen LogP contribution in [0.5, 0.6) is 0 Å². The lowest BCUT2D eigenvalue weighted by atomic mass is 10.0. The van der Waals surface area contributed by atoms with Gasteiger partial charge in [-0.25, -0.2) is 0 Å². The molecule has 1 aliphatic heterocycles. The van der Waals surface area contributed by atoms with Gasteiger partial charge in [-0.15, -0.1) is 0 Å². The number of benzene rings is 1. The number of ether oxygens (including phenoxy) is 1. The molecule has 148 valence electrons. The molecule has 0 unspecified atom stereocenters. The van der Waals surface area contributed by atoms with Gasteiger partial charge in [0.15, 0.2) is 0 Å². The lowest BCUT2D eigenvalue weighted by Gasteiger charge is -2.32. The Bertz CT molecular complexity index is 650. The number of nitrogens with zero attached hydrogens (tertiary/aromatic N) is 2. The molecule has 1 saturated heterocycles. The van der Waals surface area contributed by atoms with Crippen LogP contribution >= 0.6 is 0 Å². The van der Waals surface area contributed by atoms with Gasteiger partial charge in [-0.1, -0.05) is 0 Å². The van der Waals surface area contributed by atoms with Crippen LogP contribution < -0.4 is 10.2 Å². The summed E-state index contributed by atoms with van der Waals surface area (Å²) >= 11 is 0. The normalized spacial score (nSPS) is 14.6. The zero-order valence-corrected chi connectivity index (χ0v) is 16.4. The highest BCUT2D eigenvalue weighted by Gasteiger charge is 2.24. The van der Waals surface area contributed by atoms with Crippen molar-refractivity contribution in [1.82, 2.24) is 10.2 Å². The van der Waals surface area contributed by atoms with Crippen molar-refractivity contribution in [3.05, 3.63) is 29.8 Å². The van der Waals surface area contributed by atoms with Crippen LogP contribution in [0.25, 0.3) is 0 Å². The highest BCUT2D eigenvalue weighted by atomic mass is 16.5. The van der Waals surface area contributed by atoms with Gasteiger partial charge in [0.05, 0.1) is 13.0 Å². The molecule has 1 N–H and O–H groups in total. The summed E-state index contributed by atoms with van der Waals surface area (Å²) in [5, 5.41) is 3.05. The van der Waals surface area contributed by atoms with E-state index in [1.54, 1.807) is 11.8 Å². The van der Waals surface area contributed by atoms with Crippen molar-refractivity contribution in [2.45, 2.75) is 38.6 Å². The zero-order valence-electron chi connectivity index (χ0n) is 16.4. The van der Waals surface area contributed by atoms with Crippen LogP contribution in [0.3, 0.4) is 0 Å². The molecule has 1 heterocycles. The summed E-state index contributed by atoms with van der Waals surface area (Å²) in [7, 11) is 3.91. The van der Waals surface area contributed by atoms with E-state index in [0.29, 0.717) is 38.1 Å². The van der Waals surface area contributed by atoms with E-state index in [1.165, 1.54) is 0 Å². The van der Waals surface area contributed by atoms with Crippen LogP contribution in [-0.4, -0.2) is 62.5 Å². The van der Waals surface area contributed by atoms with Gasteiger partial charge in [0.2, 0.25) is 5.91 Å². The predicted octanol–water partition coefficient (Wildman–Crippen LogP) is 1.82. The van der Waals surface area contributed by atoms with E-state index in [0.717, 1.165) is 5.69 Å². The molecule has 1 aromatic carbocycles. The first-order valence-corrected chi connectivity index (χ1v) is 9.42. The number of piperidine rings is 1. The molecule has 2 rings (SSSR count). The maximum atomic E-state index is 12.4. The van der Waals surface area contributed by atoms with Crippen molar-refractivity contribution in [2.24, 2.45) is 0 Å². The highest BCUT2D eigenvalue weighted by molar-refractivity contribution is 5.94. The standard InChI is InChI=1S/C20H29N3O4/c1-4-27-19(25)10-9-18(24)23-13-11-16(12-14-23)21-20(26)15-5-7-17(8-6-15)22(2)3/h5-8,16H,4,9-14H2,1-3H3,(H,21,26). The molecule has 0 saturated carbocycles. The van der Waals surface area contributed by atoms with Gasteiger partial charge < -0.3 is 19.9 Å². The zero-order chi connectivity index (χ0) is 19.8. The van der Waals surface area contributed by atoms with Crippen molar-refractivity contribution >= 4 is 23.5 Å². The van der Waals surface area contributed by atoms with Gasteiger partial charge in [0.1, 0.15) is 0 Å². The number of amides is 2. The average molecular weight is 375 g/mol. The van der Waals surface area contributed by atoms with Crippen molar-refractivity contribution in [1.29, 1.82) is 0 Å². The number of rotatable bonds is 7. The molecule has 2 amide bonds. The Morgan fingerprint density at radius 2 is 1.74 bits per heavy atom. The van der Waals surface area contributed by atoms with E-state index >= 15 is 0 Å². The van der Waals surface area contributed by atoms with Crippen molar-refractivity contribution in [3.63, 3.8) is 0 Å². The van der Waals surface area contributed by atoms with E-state index in [1.807, 2.05) is 43.3 Å². The minimum absolute atomic E-state index is 0.0351. The number of likely N-dealkylation sites (tertiary alicyclic amines) is 1. The summed E-state index contributed by atoms with van der Waals surface area (Å²) in [5.74, 6) is -0.465. The number of anilines is 1. The molecule has 7 nitrogen and oxygen atoms in total. The molecule has 0 radical (unpaired) electrons. The van der Waals surface area contributed by atoms with E-state index in [9.17, 15) is 14.4 Å². The molecule has 0 aromatic heterocycles. The molecule has 0 atom stereocenters. The maximum absolute atomic E-state index is 12.4. The summed E-state index contributed by atoms with van der Waals surface area (Å²) in [6.45, 7) is 3.25. The summed E-state index contributed by atoms with van der Waals surface area (Å²) in [6.07, 6.45) is 1.72. The van der Waals surface area contributed by atoms with Gasteiger partial charge in [-0.05, 0) is 44.0 Å². The number of esters is 1. The number of hydrogen-bond donors (Lipinski definition) is 1. The third kappa shape index (κ3) is 6.27. The summed E-state index contributed by atoms with van der Waals surface area (Å²) in [5.41, 5.74) is 1.68. The van der Waals surface area contributed by atoms with Crippen LogP contribution in [0.2, 0.25) is 0 Å². The monoisotopic (exact) mass is 375 g/mol. The summed E-state index contributed by atoms with van der Waals surface area (Å²) in [6, 6.07) is 7.52. The largest absolute Gasteiger partial charge is 0.466 e. The summed E-state index contributed by atoms with van der Waals surface area (Å²) in [4.78, 5) is 39.7. The molecule has 27 heavy (non-hydrogen) atoms. The molecule has 1 aromatic rings. The van der Waals surface area contributed by atoms with Gasteiger partial charge in [-0.3, -0.25) is 14.4 Å². The Morgan fingerprint density at radius 3 is 2.30 bits per heavy atom. The predicted molar refractivity (Wildman–Crippen MR) is 104 cm³/mol. The fourth-order valence-corrected chi connectivity index (χ4v) is 3.05. The SMILES string of the molecule is CCOC(=O)CCC(=O)N1CCC(NC(=O)c2ccc(N(C)C)cc2)CC1. The third-order valence-corrected chi connectivity index (χ3v) is 4.68. The van der Waals surface area contributed by atoms with E-state index in [2.05, 4.69) is 5.32 Å². The Morgan fingerprint density at radius 1 is 1.11 bits per heavy atom. The fraction of sp³-hybridized carbons (Fsp3) is 0.550. The van der Waals surface area contributed by atoms with Crippen LogP contribution in [0.4, 0.5) is 5.69 Å². The van der Waals surface area contributed by atoms with Crippen LogP contribution in [0.1, 0.15) is 43.0 Å². The average Bonchev–Trinajstić information content (AvgIpc) is 2.67. The quantitative estimate of drug-likeness (QED) is 0.736. The lowest BCUT2D eigenvalue weighted by molar-refractivity contribution is -0.145. The number of hydrogen-bond acceptors (Lipinski definition) is 5. The minimum atomic E-state index is -0.340. The lowest BCUT2D eigenvalue weighted by Crippen LogP contribution is -2.46. The van der Waals surface area contributed by atoms with Gasteiger partial charge in [0, 0.05) is 50.9 Å². The molecule has 0 spiro atoms. The maximum Gasteiger partial charge on any atom is 0.306 e. The number of carbonyl (C=O) groups excluding carboxylic acids is 3. The Hall–Kier alpha value is -2.57. The van der Waals surface area contributed by atoms with Crippen LogP contribution in [0.15, 0.2) is 24.3 Å². The number of carbonyl (C=O) groups is 3. The minimum Gasteiger partial charge on any atom is -0.466 e. The second kappa shape index (κ2) is 9.94.